The Morgan fingerprint density at radius 1 is 0.905 bits per heavy atom. The summed E-state index contributed by atoms with van der Waals surface area (Å²) in [5.74, 6) is 4.57. The maximum absolute atomic E-state index is 12.8. The van der Waals surface area contributed by atoms with Crippen molar-refractivity contribution in [2.75, 3.05) is 0 Å². The molecule has 1 N–H and O–H groups in total. The molecule has 0 amide bonds. The first kappa shape index (κ1) is 14.5. The molecule has 2 aromatic carbocycles. The Morgan fingerprint density at radius 3 is 2.10 bits per heavy atom. The third-order valence-electron chi connectivity index (χ3n) is 2.66. The molecule has 2 rings (SSSR count). The summed E-state index contributed by atoms with van der Waals surface area (Å²) in [6.45, 7) is 0. The second-order valence-corrected chi connectivity index (χ2v) is 4.17. The molecule has 2 nitrogen and oxygen atoms in total. The summed E-state index contributed by atoms with van der Waals surface area (Å²) in [5, 5.41) is 17.8. The van der Waals surface area contributed by atoms with Crippen LogP contribution in [0.4, 0.5) is 13.2 Å². The molecule has 0 unspecified atom stereocenters. The van der Waals surface area contributed by atoms with Crippen LogP contribution in [0.1, 0.15) is 22.3 Å². The lowest BCUT2D eigenvalue weighted by Crippen LogP contribution is -2.07. The van der Waals surface area contributed by atoms with Crippen molar-refractivity contribution in [1.29, 1.82) is 5.26 Å². The highest BCUT2D eigenvalue weighted by Gasteiger charge is 2.33. The van der Waals surface area contributed by atoms with E-state index in [9.17, 15) is 13.2 Å². The molecular formula is C16H8F3NO. The Bertz CT molecular complexity index is 759. The predicted molar refractivity (Wildman–Crippen MR) is 70.2 cm³/mol. The molecule has 0 aliphatic rings. The first-order valence-electron chi connectivity index (χ1n) is 5.82. The van der Waals surface area contributed by atoms with Gasteiger partial charge in [0.1, 0.15) is 5.75 Å². The molecule has 0 aromatic heterocycles. The van der Waals surface area contributed by atoms with E-state index in [-0.39, 0.29) is 5.56 Å². The molecule has 0 radical (unpaired) electrons. The van der Waals surface area contributed by atoms with Crippen LogP contribution in [0.2, 0.25) is 0 Å². The fraction of sp³-hybridized carbons (Fsp3) is 0.0625. The highest BCUT2D eigenvalue weighted by atomic mass is 19.4. The number of benzene rings is 2. The maximum Gasteiger partial charge on any atom is 0.417 e. The molecule has 104 valence electrons. The average Bonchev–Trinajstić information content (AvgIpc) is 2.45. The molecule has 0 saturated heterocycles. The second kappa shape index (κ2) is 5.60. The van der Waals surface area contributed by atoms with Gasteiger partial charge < -0.3 is 5.11 Å². The molecule has 2 aromatic rings. The third kappa shape index (κ3) is 3.55. The smallest absolute Gasteiger partial charge is 0.417 e. The normalized spacial score (nSPS) is 10.4. The van der Waals surface area contributed by atoms with Crippen LogP contribution in [0, 0.1) is 23.2 Å². The summed E-state index contributed by atoms with van der Waals surface area (Å²) in [7, 11) is 0. The molecule has 0 fully saturated rings. The summed E-state index contributed by atoms with van der Waals surface area (Å²) >= 11 is 0. The Hall–Kier alpha value is -2.92. The van der Waals surface area contributed by atoms with E-state index in [1.54, 1.807) is 12.1 Å². The van der Waals surface area contributed by atoms with E-state index in [1.807, 2.05) is 6.07 Å². The van der Waals surface area contributed by atoms with E-state index < -0.39 is 17.5 Å². The summed E-state index contributed by atoms with van der Waals surface area (Å²) in [6, 6.07) is 11.0. The zero-order valence-electron chi connectivity index (χ0n) is 10.6. The largest absolute Gasteiger partial charge is 0.508 e. The number of phenolic OH excluding ortho intramolecular Hbond substituents is 1. The van der Waals surface area contributed by atoms with Gasteiger partial charge in [-0.2, -0.15) is 18.4 Å². The topological polar surface area (TPSA) is 44.0 Å². The number of hydrogen-bond acceptors (Lipinski definition) is 2. The molecular weight excluding hydrogens is 279 g/mol. The predicted octanol–water partition coefficient (Wildman–Crippen LogP) is 3.68. The standard InChI is InChI=1S/C16H8F3NO/c17-16(18,19)15-9-14(21)8-7-13(15)6-5-11-1-3-12(10-20)4-2-11/h1-4,7-9,21H. The van der Waals surface area contributed by atoms with Crippen molar-refractivity contribution in [1.82, 2.24) is 0 Å². The van der Waals surface area contributed by atoms with Gasteiger partial charge in [0, 0.05) is 11.1 Å². The molecule has 0 aliphatic carbocycles. The van der Waals surface area contributed by atoms with Crippen molar-refractivity contribution in [2.24, 2.45) is 0 Å². The van der Waals surface area contributed by atoms with Crippen molar-refractivity contribution in [2.45, 2.75) is 6.18 Å². The minimum Gasteiger partial charge on any atom is -0.508 e. The van der Waals surface area contributed by atoms with Crippen LogP contribution >= 0.6 is 0 Å². The van der Waals surface area contributed by atoms with Gasteiger partial charge in [-0.15, -0.1) is 0 Å². The van der Waals surface area contributed by atoms with E-state index in [1.165, 1.54) is 12.1 Å². The van der Waals surface area contributed by atoms with Crippen LogP contribution in [-0.4, -0.2) is 5.11 Å². The van der Waals surface area contributed by atoms with Crippen LogP contribution in [0.15, 0.2) is 42.5 Å². The SMILES string of the molecule is N#Cc1ccc(C#Cc2ccc(O)cc2C(F)(F)F)cc1. The Labute approximate surface area is 119 Å². The quantitative estimate of drug-likeness (QED) is 0.751. The number of hydrogen-bond donors (Lipinski definition) is 1. The number of rotatable bonds is 0. The number of aromatic hydroxyl groups is 1. The Balaban J connectivity index is 2.40. The third-order valence-corrected chi connectivity index (χ3v) is 2.66. The Morgan fingerprint density at radius 2 is 1.52 bits per heavy atom. The lowest BCUT2D eigenvalue weighted by Gasteiger charge is -2.09. The monoisotopic (exact) mass is 287 g/mol. The van der Waals surface area contributed by atoms with Gasteiger partial charge in [-0.1, -0.05) is 11.8 Å². The van der Waals surface area contributed by atoms with E-state index in [4.69, 9.17) is 10.4 Å². The Kier molecular flexibility index (Phi) is 3.86. The number of halogens is 3. The van der Waals surface area contributed by atoms with Crippen molar-refractivity contribution in [3.8, 4) is 23.7 Å². The number of alkyl halides is 3. The van der Waals surface area contributed by atoms with Gasteiger partial charge in [0.25, 0.3) is 0 Å². The zero-order valence-corrected chi connectivity index (χ0v) is 10.6. The lowest BCUT2D eigenvalue weighted by molar-refractivity contribution is -0.137. The van der Waals surface area contributed by atoms with Crippen LogP contribution in [-0.2, 0) is 6.18 Å². The number of nitriles is 1. The molecule has 0 atom stereocenters. The van der Waals surface area contributed by atoms with Gasteiger partial charge in [-0.25, -0.2) is 0 Å². The summed E-state index contributed by atoms with van der Waals surface area (Å²) in [5.41, 5.74) is -0.260. The minimum atomic E-state index is -4.59. The fourth-order valence-electron chi connectivity index (χ4n) is 1.64. The molecule has 0 heterocycles. The van der Waals surface area contributed by atoms with Gasteiger partial charge in [0.05, 0.1) is 17.2 Å². The highest BCUT2D eigenvalue weighted by molar-refractivity contribution is 5.50. The van der Waals surface area contributed by atoms with Crippen molar-refractivity contribution >= 4 is 0 Å². The van der Waals surface area contributed by atoms with Crippen molar-refractivity contribution in [3.63, 3.8) is 0 Å². The van der Waals surface area contributed by atoms with E-state index in [2.05, 4.69) is 11.8 Å². The van der Waals surface area contributed by atoms with Crippen LogP contribution < -0.4 is 0 Å². The first-order chi connectivity index (χ1) is 9.90. The minimum absolute atomic E-state index is 0.218. The summed E-state index contributed by atoms with van der Waals surface area (Å²) < 4.78 is 38.5. The van der Waals surface area contributed by atoms with Crippen molar-refractivity contribution < 1.29 is 18.3 Å². The molecule has 0 aliphatic heterocycles. The lowest BCUT2D eigenvalue weighted by atomic mass is 10.1. The van der Waals surface area contributed by atoms with Gasteiger partial charge in [0.2, 0.25) is 0 Å². The molecule has 0 bridgehead atoms. The van der Waals surface area contributed by atoms with E-state index >= 15 is 0 Å². The highest BCUT2D eigenvalue weighted by Crippen LogP contribution is 2.33. The molecule has 0 saturated carbocycles. The van der Waals surface area contributed by atoms with Crippen LogP contribution in [0.25, 0.3) is 0 Å². The molecule has 5 heteroatoms. The van der Waals surface area contributed by atoms with Crippen LogP contribution in [0.3, 0.4) is 0 Å². The molecule has 0 spiro atoms. The molecule has 21 heavy (non-hydrogen) atoms. The number of nitrogens with zero attached hydrogens (tertiary/aromatic N) is 1. The second-order valence-electron chi connectivity index (χ2n) is 4.17. The fourth-order valence-corrected chi connectivity index (χ4v) is 1.64. The van der Waals surface area contributed by atoms with Crippen LogP contribution in [0.5, 0.6) is 5.75 Å². The summed E-state index contributed by atoms with van der Waals surface area (Å²) in [4.78, 5) is 0. The van der Waals surface area contributed by atoms with Gasteiger partial charge in [-0.05, 0) is 42.5 Å². The van der Waals surface area contributed by atoms with Crippen molar-refractivity contribution in [3.05, 3.63) is 64.7 Å². The maximum atomic E-state index is 12.8. The zero-order chi connectivity index (χ0) is 15.5. The number of phenols is 1. The van der Waals surface area contributed by atoms with E-state index in [0.717, 1.165) is 12.1 Å². The van der Waals surface area contributed by atoms with Gasteiger partial charge in [0.15, 0.2) is 0 Å². The van der Waals surface area contributed by atoms with Gasteiger partial charge >= 0.3 is 6.18 Å². The van der Waals surface area contributed by atoms with E-state index in [0.29, 0.717) is 17.2 Å². The average molecular weight is 287 g/mol. The first-order valence-corrected chi connectivity index (χ1v) is 5.82. The summed E-state index contributed by atoms with van der Waals surface area (Å²) in [6.07, 6.45) is -4.59. The van der Waals surface area contributed by atoms with Gasteiger partial charge in [-0.3, -0.25) is 0 Å².